The minimum absolute atomic E-state index is 0.0879. The largest absolute Gasteiger partial charge is 0.391 e. The van der Waals surface area contributed by atoms with E-state index >= 15 is 0 Å². The lowest BCUT2D eigenvalue weighted by Gasteiger charge is -2.38. The topological polar surface area (TPSA) is 93.2 Å². The van der Waals surface area contributed by atoms with Crippen LogP contribution in [0, 0.1) is 11.8 Å². The summed E-state index contributed by atoms with van der Waals surface area (Å²) in [5, 5.41) is 14.2. The fourth-order valence-corrected chi connectivity index (χ4v) is 9.88. The predicted octanol–water partition coefficient (Wildman–Crippen LogP) is 6.16. The molecular weight excluding hydrogens is 661 g/mol. The van der Waals surface area contributed by atoms with Gasteiger partial charge in [0, 0.05) is 45.6 Å². The summed E-state index contributed by atoms with van der Waals surface area (Å²) in [6.45, 7) is 4.56. The molecular formula is C45H58N4O4. The van der Waals surface area contributed by atoms with Crippen molar-refractivity contribution >= 4 is 17.7 Å². The quantitative estimate of drug-likeness (QED) is 0.183. The fraction of sp³-hybridized carbons (Fsp3) is 0.533. The first kappa shape index (κ1) is 37.3. The number of aliphatic hydroxyl groups is 1. The second-order valence-electron chi connectivity index (χ2n) is 16.2. The van der Waals surface area contributed by atoms with Crippen molar-refractivity contribution in [2.24, 2.45) is 11.8 Å². The van der Waals surface area contributed by atoms with E-state index in [9.17, 15) is 19.5 Å². The summed E-state index contributed by atoms with van der Waals surface area (Å²) in [5.74, 6) is 0.702. The minimum atomic E-state index is -0.818. The van der Waals surface area contributed by atoms with Crippen LogP contribution in [0.2, 0.25) is 0 Å². The molecule has 0 radical (unpaired) electrons. The van der Waals surface area contributed by atoms with E-state index in [2.05, 4.69) is 46.6 Å². The van der Waals surface area contributed by atoms with Gasteiger partial charge in [-0.05, 0) is 73.6 Å². The third-order valence-corrected chi connectivity index (χ3v) is 12.6. The van der Waals surface area contributed by atoms with Crippen LogP contribution in [0.3, 0.4) is 0 Å². The monoisotopic (exact) mass is 718 g/mol. The van der Waals surface area contributed by atoms with Gasteiger partial charge in [0.2, 0.25) is 17.7 Å². The molecule has 3 amide bonds. The van der Waals surface area contributed by atoms with Crippen LogP contribution in [0.15, 0.2) is 91.0 Å². The van der Waals surface area contributed by atoms with Gasteiger partial charge in [0.05, 0.1) is 11.5 Å². The van der Waals surface area contributed by atoms with E-state index in [0.29, 0.717) is 25.4 Å². The van der Waals surface area contributed by atoms with E-state index in [0.717, 1.165) is 55.0 Å². The molecule has 2 N–H and O–H groups in total. The number of carbonyl (C=O) groups is 3. The van der Waals surface area contributed by atoms with Crippen molar-refractivity contribution < 1.29 is 19.5 Å². The Labute approximate surface area is 315 Å². The number of likely N-dealkylation sites (tertiary alicyclic amines) is 3. The molecule has 4 atom stereocenters. The van der Waals surface area contributed by atoms with Gasteiger partial charge in [0.1, 0.15) is 12.1 Å². The summed E-state index contributed by atoms with van der Waals surface area (Å²) < 4.78 is 0. The van der Waals surface area contributed by atoms with Crippen LogP contribution in [-0.4, -0.2) is 95.0 Å². The Balaban J connectivity index is 1.04. The maximum Gasteiger partial charge on any atom is 0.246 e. The molecule has 0 unspecified atom stereocenters. The highest BCUT2D eigenvalue weighted by Gasteiger charge is 2.47. The number of β-amino-alcohol motifs (C(OH)–C–C–N with tert-alkyl or cyclic N) is 1. The Morgan fingerprint density at radius 3 is 1.81 bits per heavy atom. The Morgan fingerprint density at radius 1 is 0.642 bits per heavy atom. The molecule has 8 nitrogen and oxygen atoms in total. The molecule has 0 bridgehead atoms. The normalized spacial score (nSPS) is 24.5. The van der Waals surface area contributed by atoms with Crippen molar-refractivity contribution in [2.75, 3.05) is 39.3 Å². The Morgan fingerprint density at radius 2 is 1.21 bits per heavy atom. The first-order valence-electron chi connectivity index (χ1n) is 20.4. The first-order chi connectivity index (χ1) is 25.9. The molecule has 7 rings (SSSR count). The number of benzene rings is 3. The number of nitrogens with zero attached hydrogens (tertiary/aromatic N) is 3. The third-order valence-electron chi connectivity index (χ3n) is 12.6. The van der Waals surface area contributed by atoms with Crippen LogP contribution in [-0.2, 0) is 19.8 Å². The lowest BCUT2D eigenvalue weighted by Crippen LogP contribution is -2.54. The maximum absolute atomic E-state index is 14.7. The number of aliphatic hydroxyl groups excluding tert-OH is 1. The average molecular weight is 719 g/mol. The molecule has 0 spiro atoms. The standard InChI is InChI=1S/C45H58N4O4/c50-39-28-41(44(53)48-27-15-25-40(48)43(52)46-30-35-18-14-26-47(32-35)31-34-16-6-1-2-7-17-34)49(33-39)42(51)29-45(36-19-8-3-9-20-36,37-21-10-4-11-22-37)38-23-12-5-13-24-38/h3-5,8-13,19-24,34-35,39-41,50H,1-2,6-7,14-18,25-33H2,(H,46,52)/t35-,39-,40-,41+/m1/s1. The molecule has 0 aromatic heterocycles. The minimum Gasteiger partial charge on any atom is -0.391 e. The van der Waals surface area contributed by atoms with Crippen LogP contribution >= 0.6 is 0 Å². The molecule has 1 saturated carbocycles. The summed E-state index contributed by atoms with van der Waals surface area (Å²) in [6.07, 6.45) is 11.2. The fourth-order valence-electron chi connectivity index (χ4n) is 9.88. The van der Waals surface area contributed by atoms with Gasteiger partial charge in [-0.3, -0.25) is 14.4 Å². The summed E-state index contributed by atoms with van der Waals surface area (Å²) in [5.41, 5.74) is 2.13. The highest BCUT2D eigenvalue weighted by Crippen LogP contribution is 2.43. The molecule has 3 heterocycles. The number of nitrogens with one attached hydrogen (secondary N) is 1. The number of hydrogen-bond acceptors (Lipinski definition) is 5. The molecule has 4 fully saturated rings. The smallest absolute Gasteiger partial charge is 0.246 e. The van der Waals surface area contributed by atoms with Crippen LogP contribution in [0.4, 0.5) is 0 Å². The molecule has 282 valence electrons. The average Bonchev–Trinajstić information content (AvgIpc) is 3.77. The van der Waals surface area contributed by atoms with Gasteiger partial charge in [-0.25, -0.2) is 0 Å². The lowest BCUT2D eigenvalue weighted by molar-refractivity contribution is -0.146. The first-order valence-corrected chi connectivity index (χ1v) is 20.4. The summed E-state index contributed by atoms with van der Waals surface area (Å²) in [4.78, 5) is 48.7. The molecule has 3 aromatic carbocycles. The second-order valence-corrected chi connectivity index (χ2v) is 16.2. The maximum atomic E-state index is 14.7. The van der Waals surface area contributed by atoms with Crippen LogP contribution < -0.4 is 5.32 Å². The van der Waals surface area contributed by atoms with Gasteiger partial charge in [0.15, 0.2) is 0 Å². The second kappa shape index (κ2) is 17.4. The highest BCUT2D eigenvalue weighted by atomic mass is 16.3. The summed E-state index contributed by atoms with van der Waals surface area (Å²) in [6, 6.07) is 28.9. The Kier molecular flexibility index (Phi) is 12.3. The SMILES string of the molecule is O=C(NC[C@H]1CCCN(CC2CCCCCC2)C1)[C@H]1CCCN1C(=O)[C@@H]1C[C@@H](O)CN1C(=O)CC(c1ccccc1)(c1ccccc1)c1ccccc1. The number of amides is 3. The van der Waals surface area contributed by atoms with E-state index in [1.165, 1.54) is 45.1 Å². The summed E-state index contributed by atoms with van der Waals surface area (Å²) >= 11 is 0. The van der Waals surface area contributed by atoms with Crippen molar-refractivity contribution in [1.82, 2.24) is 20.0 Å². The molecule has 4 aliphatic rings. The van der Waals surface area contributed by atoms with Gasteiger partial charge < -0.3 is 25.1 Å². The predicted molar refractivity (Wildman–Crippen MR) is 208 cm³/mol. The Hall–Kier alpha value is -4.01. The van der Waals surface area contributed by atoms with E-state index in [1.54, 1.807) is 9.80 Å². The van der Waals surface area contributed by atoms with Gasteiger partial charge in [-0.1, -0.05) is 117 Å². The zero-order valence-corrected chi connectivity index (χ0v) is 31.3. The van der Waals surface area contributed by atoms with Crippen LogP contribution in [0.5, 0.6) is 0 Å². The number of hydrogen-bond donors (Lipinski definition) is 2. The molecule has 3 aliphatic heterocycles. The zero-order valence-electron chi connectivity index (χ0n) is 31.3. The van der Waals surface area contributed by atoms with Gasteiger partial charge >= 0.3 is 0 Å². The Bertz CT molecular complexity index is 1550. The van der Waals surface area contributed by atoms with Gasteiger partial charge in [-0.15, -0.1) is 0 Å². The van der Waals surface area contributed by atoms with Crippen LogP contribution in [0.25, 0.3) is 0 Å². The van der Waals surface area contributed by atoms with E-state index in [1.807, 2.05) is 54.6 Å². The molecule has 8 heteroatoms. The van der Waals surface area contributed by atoms with E-state index < -0.39 is 23.6 Å². The molecule has 53 heavy (non-hydrogen) atoms. The molecule has 3 aromatic rings. The van der Waals surface area contributed by atoms with E-state index in [4.69, 9.17) is 0 Å². The number of rotatable bonds is 11. The highest BCUT2D eigenvalue weighted by molar-refractivity contribution is 5.93. The summed E-state index contributed by atoms with van der Waals surface area (Å²) in [7, 11) is 0. The zero-order chi connectivity index (χ0) is 36.6. The molecule has 1 aliphatic carbocycles. The van der Waals surface area contributed by atoms with Gasteiger partial charge in [-0.2, -0.15) is 0 Å². The lowest BCUT2D eigenvalue weighted by atomic mass is 9.67. The number of carbonyl (C=O) groups excluding carboxylic acids is 3. The van der Waals surface area contributed by atoms with Crippen molar-refractivity contribution in [3.8, 4) is 0 Å². The number of piperidine rings is 1. The van der Waals surface area contributed by atoms with Crippen molar-refractivity contribution in [1.29, 1.82) is 0 Å². The van der Waals surface area contributed by atoms with Crippen molar-refractivity contribution in [2.45, 2.75) is 101 Å². The third kappa shape index (κ3) is 8.54. The van der Waals surface area contributed by atoms with E-state index in [-0.39, 0.29) is 37.1 Å². The van der Waals surface area contributed by atoms with Crippen LogP contribution in [0.1, 0.15) is 93.7 Å². The van der Waals surface area contributed by atoms with Gasteiger partial charge in [0.25, 0.3) is 0 Å². The molecule has 3 saturated heterocycles. The van der Waals surface area contributed by atoms with Crippen molar-refractivity contribution in [3.05, 3.63) is 108 Å². The van der Waals surface area contributed by atoms with Crippen molar-refractivity contribution in [3.63, 3.8) is 0 Å².